The van der Waals surface area contributed by atoms with Gasteiger partial charge in [0.1, 0.15) is 0 Å². The summed E-state index contributed by atoms with van der Waals surface area (Å²) in [5, 5.41) is 2.14. The first-order valence-electron chi connectivity index (χ1n) is 10.5. The number of nitrogens with zero attached hydrogens (tertiary/aromatic N) is 1. The predicted octanol–water partition coefficient (Wildman–Crippen LogP) is 5.15. The zero-order chi connectivity index (χ0) is 25.1. The van der Waals surface area contributed by atoms with Crippen molar-refractivity contribution in [1.29, 1.82) is 0 Å². The lowest BCUT2D eigenvalue weighted by molar-refractivity contribution is -0.149. The van der Waals surface area contributed by atoms with Crippen LogP contribution in [0, 0.1) is 0 Å². The van der Waals surface area contributed by atoms with Crippen LogP contribution in [0.1, 0.15) is 37.1 Å². The normalized spacial score (nSPS) is 17.7. The van der Waals surface area contributed by atoms with Crippen LogP contribution in [0.5, 0.6) is 0 Å². The van der Waals surface area contributed by atoms with Crippen molar-refractivity contribution in [2.45, 2.75) is 37.8 Å². The number of ether oxygens (including phenoxy) is 1. The molecule has 0 aromatic heterocycles. The Balaban J connectivity index is 1.95. The van der Waals surface area contributed by atoms with Crippen molar-refractivity contribution in [3.05, 3.63) is 95.4 Å². The van der Waals surface area contributed by atoms with E-state index in [0.29, 0.717) is 28.5 Å². The lowest BCUT2D eigenvalue weighted by atomic mass is 9.96. The van der Waals surface area contributed by atoms with E-state index in [1.54, 1.807) is 60.7 Å². The van der Waals surface area contributed by atoms with Gasteiger partial charge >= 0.3 is 17.8 Å². The highest BCUT2D eigenvalue weighted by molar-refractivity contribution is 5.95. The third-order valence-electron chi connectivity index (χ3n) is 5.61. The Morgan fingerprint density at radius 3 is 2.09 bits per heavy atom. The first-order valence-corrected chi connectivity index (χ1v) is 10.5. The van der Waals surface area contributed by atoms with Gasteiger partial charge in [0.15, 0.2) is 0 Å². The van der Waals surface area contributed by atoms with Crippen LogP contribution in [0.25, 0.3) is 0 Å². The highest BCUT2D eigenvalue weighted by Crippen LogP contribution is 2.45. The third-order valence-corrected chi connectivity index (χ3v) is 5.61. The molecule has 0 saturated heterocycles. The van der Waals surface area contributed by atoms with E-state index in [4.69, 9.17) is 0 Å². The van der Waals surface area contributed by atoms with Crippen molar-refractivity contribution >= 4 is 11.8 Å². The molecule has 9 heteroatoms. The molecule has 0 saturated carbocycles. The van der Waals surface area contributed by atoms with E-state index in [1.807, 2.05) is 0 Å². The summed E-state index contributed by atoms with van der Waals surface area (Å²) in [5.74, 6) is -12.2. The molecular weight excluding hydrogens is 452 g/mol. The van der Waals surface area contributed by atoms with Gasteiger partial charge in [-0.3, -0.25) is 9.59 Å². The van der Waals surface area contributed by atoms with Gasteiger partial charge in [-0.25, -0.2) is 0 Å². The van der Waals surface area contributed by atoms with Crippen LogP contribution in [0.2, 0.25) is 0 Å². The molecule has 1 aliphatic heterocycles. The van der Waals surface area contributed by atoms with E-state index in [2.05, 4.69) is 10.1 Å². The summed E-state index contributed by atoms with van der Waals surface area (Å²) in [5.41, 5.74) is -1.61. The Labute approximate surface area is 194 Å². The first kappa shape index (κ1) is 25.0. The number of amides is 2. The van der Waals surface area contributed by atoms with Gasteiger partial charge in [-0.15, -0.1) is 0 Å². The van der Waals surface area contributed by atoms with Gasteiger partial charge in [0.2, 0.25) is 0 Å². The number of hydrogen-bond acceptors (Lipinski definition) is 3. The number of hydrogen-bond donors (Lipinski definition) is 1. The molecule has 1 heterocycles. The van der Waals surface area contributed by atoms with Crippen molar-refractivity contribution < 1.29 is 31.9 Å². The molecule has 0 unspecified atom stereocenters. The van der Waals surface area contributed by atoms with Crippen molar-refractivity contribution in [2.75, 3.05) is 7.11 Å². The van der Waals surface area contributed by atoms with Gasteiger partial charge < -0.3 is 15.0 Å². The third kappa shape index (κ3) is 4.69. The van der Waals surface area contributed by atoms with E-state index >= 15 is 17.6 Å². The molecule has 2 aromatic rings. The lowest BCUT2D eigenvalue weighted by Gasteiger charge is -2.24. The summed E-state index contributed by atoms with van der Waals surface area (Å²) in [6, 6.07) is 14.9. The van der Waals surface area contributed by atoms with Gasteiger partial charge in [-0.1, -0.05) is 60.7 Å². The second-order valence-electron chi connectivity index (χ2n) is 7.86. The molecular formula is C25H24F4N2O3. The monoisotopic (exact) mass is 476 g/mol. The number of benzene rings is 2. The van der Waals surface area contributed by atoms with Crippen molar-refractivity contribution in [2.24, 2.45) is 0 Å². The highest BCUT2D eigenvalue weighted by Gasteiger charge is 2.59. The van der Waals surface area contributed by atoms with Crippen LogP contribution in [0.3, 0.4) is 0 Å². The lowest BCUT2D eigenvalue weighted by Crippen LogP contribution is -2.45. The molecule has 5 nitrogen and oxygen atoms in total. The van der Waals surface area contributed by atoms with Gasteiger partial charge in [0.05, 0.1) is 36.6 Å². The molecule has 0 bridgehead atoms. The first-order chi connectivity index (χ1) is 16.0. The molecule has 1 aliphatic rings. The van der Waals surface area contributed by atoms with E-state index in [-0.39, 0.29) is 0 Å². The standard InChI is InChI=1S/C25H24F4N2O3/c1-16(18-10-6-4-7-11-18)30-22(32)24(26,27)21(15-34-3)20-14-31(23(33)25(20,28)29)17(2)19-12-8-5-9-13-19/h4-17H,1-3H3,(H,30,32)/b21-15-/t16-,17-/m0/s1. The van der Waals surface area contributed by atoms with Gasteiger partial charge in [-0.05, 0) is 25.0 Å². The van der Waals surface area contributed by atoms with E-state index in [0.717, 1.165) is 7.11 Å². The topological polar surface area (TPSA) is 58.6 Å². The maximum atomic E-state index is 15.3. The quantitative estimate of drug-likeness (QED) is 0.423. The second kappa shape index (κ2) is 9.70. The largest absolute Gasteiger partial charge is 0.504 e. The summed E-state index contributed by atoms with van der Waals surface area (Å²) in [4.78, 5) is 25.7. The average Bonchev–Trinajstić information content (AvgIpc) is 3.06. The number of alkyl halides is 4. The zero-order valence-electron chi connectivity index (χ0n) is 18.8. The van der Waals surface area contributed by atoms with Gasteiger partial charge in [0.25, 0.3) is 5.91 Å². The number of rotatable bonds is 8. The number of methoxy groups -OCH3 is 1. The Hall–Kier alpha value is -3.62. The second-order valence-corrected chi connectivity index (χ2v) is 7.86. The molecule has 0 radical (unpaired) electrons. The summed E-state index contributed by atoms with van der Waals surface area (Å²) >= 11 is 0. The maximum absolute atomic E-state index is 15.3. The van der Waals surface area contributed by atoms with E-state index in [9.17, 15) is 9.59 Å². The number of nitrogens with one attached hydrogen (secondary N) is 1. The summed E-state index contributed by atoms with van der Waals surface area (Å²) in [6.45, 7) is 2.98. The fraction of sp³-hybridized carbons (Fsp3) is 0.280. The maximum Gasteiger partial charge on any atom is 0.353 e. The number of carbonyl (C=O) groups excluding carboxylic acids is 2. The molecule has 34 heavy (non-hydrogen) atoms. The summed E-state index contributed by atoms with van der Waals surface area (Å²) in [6.07, 6.45) is 1.03. The van der Waals surface area contributed by atoms with Crippen LogP contribution in [0.4, 0.5) is 17.6 Å². The van der Waals surface area contributed by atoms with Crippen LogP contribution in [0.15, 0.2) is 84.3 Å². The zero-order valence-corrected chi connectivity index (χ0v) is 18.8. The Kier molecular flexibility index (Phi) is 7.14. The minimum absolute atomic E-state index is 0.371. The molecule has 1 N–H and O–H groups in total. The van der Waals surface area contributed by atoms with Crippen LogP contribution in [-0.2, 0) is 14.3 Å². The summed E-state index contributed by atoms with van der Waals surface area (Å²) in [7, 11) is 0.987. The van der Waals surface area contributed by atoms with Crippen LogP contribution < -0.4 is 5.32 Å². The smallest absolute Gasteiger partial charge is 0.353 e. The Morgan fingerprint density at radius 2 is 1.56 bits per heavy atom. The summed E-state index contributed by atoms with van der Waals surface area (Å²) < 4.78 is 65.1. The van der Waals surface area contributed by atoms with Crippen molar-refractivity contribution in [3.8, 4) is 0 Å². The van der Waals surface area contributed by atoms with Crippen LogP contribution in [-0.4, -0.2) is 35.7 Å². The number of carbonyl (C=O) groups is 2. The van der Waals surface area contributed by atoms with Gasteiger partial charge in [0, 0.05) is 6.20 Å². The SMILES string of the molecule is CO/C=C(/C1=CN([C@@H](C)c2ccccc2)C(=O)C1(F)F)C(F)(F)C(=O)N[C@@H](C)c1ccccc1. The fourth-order valence-corrected chi connectivity index (χ4v) is 3.63. The molecule has 2 atom stereocenters. The minimum atomic E-state index is -4.42. The molecule has 0 spiro atoms. The molecule has 0 aliphatic carbocycles. The van der Waals surface area contributed by atoms with Crippen molar-refractivity contribution in [1.82, 2.24) is 10.2 Å². The molecule has 0 fully saturated rings. The van der Waals surface area contributed by atoms with Gasteiger partial charge in [-0.2, -0.15) is 17.6 Å². The Bertz CT molecular complexity index is 1100. The molecule has 2 amide bonds. The average molecular weight is 476 g/mol. The van der Waals surface area contributed by atoms with E-state index in [1.165, 1.54) is 13.8 Å². The number of halogens is 4. The molecule has 2 aromatic carbocycles. The highest BCUT2D eigenvalue weighted by atomic mass is 19.3. The molecule has 3 rings (SSSR count). The molecule has 180 valence electrons. The predicted molar refractivity (Wildman–Crippen MR) is 118 cm³/mol. The van der Waals surface area contributed by atoms with E-state index < -0.39 is 46.9 Å². The van der Waals surface area contributed by atoms with Crippen molar-refractivity contribution in [3.63, 3.8) is 0 Å². The van der Waals surface area contributed by atoms with Crippen LogP contribution >= 0.6 is 0 Å². The Morgan fingerprint density at radius 1 is 1.03 bits per heavy atom. The fourth-order valence-electron chi connectivity index (χ4n) is 3.63. The minimum Gasteiger partial charge on any atom is -0.504 e.